The van der Waals surface area contributed by atoms with Gasteiger partial charge < -0.3 is 10.2 Å². The predicted molar refractivity (Wildman–Crippen MR) is 78.7 cm³/mol. The van der Waals surface area contributed by atoms with Crippen molar-refractivity contribution in [2.45, 2.75) is 25.8 Å². The Morgan fingerprint density at radius 2 is 2.22 bits per heavy atom. The minimum Gasteiger partial charge on any atom is -0.311 e. The third-order valence-corrected chi connectivity index (χ3v) is 4.13. The van der Waals surface area contributed by atoms with Gasteiger partial charge in [0.2, 0.25) is 0 Å². The van der Waals surface area contributed by atoms with Crippen LogP contribution in [-0.4, -0.2) is 37.1 Å². The Morgan fingerprint density at radius 3 is 2.94 bits per heavy atom. The fraction of sp³-hybridized carbons (Fsp3) is 0.571. The minimum absolute atomic E-state index is 0.638. The Kier molecular flexibility index (Phi) is 5.31. The van der Waals surface area contributed by atoms with Gasteiger partial charge in [-0.2, -0.15) is 0 Å². The summed E-state index contributed by atoms with van der Waals surface area (Å²) in [6.07, 6.45) is 2.19. The van der Waals surface area contributed by atoms with Crippen LogP contribution in [0.1, 0.15) is 18.9 Å². The molecule has 2 rings (SSSR count). The quantitative estimate of drug-likeness (QED) is 0.914. The molecule has 0 bridgehead atoms. The fourth-order valence-corrected chi connectivity index (χ4v) is 2.88. The third-order valence-electron chi connectivity index (χ3n) is 3.54. The highest BCUT2D eigenvalue weighted by atomic mass is 35.5. The van der Waals surface area contributed by atoms with Gasteiger partial charge in [-0.1, -0.05) is 36.2 Å². The third kappa shape index (κ3) is 3.86. The molecule has 0 spiro atoms. The second-order valence-corrected chi connectivity index (χ2v) is 5.69. The SMILES string of the molecule is CCC1CN(CCc2ccc(Cl)cc2Cl)CCN1. The first-order chi connectivity index (χ1) is 8.69. The summed E-state index contributed by atoms with van der Waals surface area (Å²) in [5.41, 5.74) is 1.19. The Hall–Kier alpha value is -0.280. The molecule has 1 heterocycles. The van der Waals surface area contributed by atoms with Gasteiger partial charge in [-0.3, -0.25) is 0 Å². The van der Waals surface area contributed by atoms with Gasteiger partial charge in [-0.15, -0.1) is 0 Å². The number of benzene rings is 1. The lowest BCUT2D eigenvalue weighted by Gasteiger charge is -2.33. The molecule has 0 aliphatic carbocycles. The maximum Gasteiger partial charge on any atom is 0.0453 e. The molecule has 1 atom stereocenters. The van der Waals surface area contributed by atoms with Crippen LogP contribution >= 0.6 is 23.2 Å². The summed E-state index contributed by atoms with van der Waals surface area (Å²) < 4.78 is 0. The Balaban J connectivity index is 1.87. The molecule has 1 aliphatic heterocycles. The molecule has 4 heteroatoms. The molecular weight excluding hydrogens is 267 g/mol. The predicted octanol–water partition coefficient (Wildman–Crippen LogP) is 3.22. The standard InChI is InChI=1S/C14H20Cl2N2/c1-2-13-10-18(8-6-17-13)7-5-11-3-4-12(15)9-14(11)16/h3-4,9,13,17H,2,5-8,10H2,1H3. The molecular formula is C14H20Cl2N2. The van der Waals surface area contributed by atoms with Crippen LogP contribution in [0.4, 0.5) is 0 Å². The molecule has 18 heavy (non-hydrogen) atoms. The Morgan fingerprint density at radius 1 is 1.39 bits per heavy atom. The average Bonchev–Trinajstić information content (AvgIpc) is 2.38. The van der Waals surface area contributed by atoms with E-state index in [1.54, 1.807) is 0 Å². The van der Waals surface area contributed by atoms with Gasteiger partial charge in [0.05, 0.1) is 0 Å². The molecule has 1 saturated heterocycles. The zero-order valence-electron chi connectivity index (χ0n) is 10.8. The van der Waals surface area contributed by atoms with E-state index in [0.29, 0.717) is 11.1 Å². The van der Waals surface area contributed by atoms with Gasteiger partial charge in [0.25, 0.3) is 0 Å². The largest absolute Gasteiger partial charge is 0.311 e. The van der Waals surface area contributed by atoms with Crippen molar-refractivity contribution in [3.63, 3.8) is 0 Å². The average molecular weight is 287 g/mol. The van der Waals surface area contributed by atoms with E-state index in [4.69, 9.17) is 23.2 Å². The molecule has 0 saturated carbocycles. The highest BCUT2D eigenvalue weighted by Crippen LogP contribution is 2.21. The smallest absolute Gasteiger partial charge is 0.0453 e. The maximum atomic E-state index is 6.19. The van der Waals surface area contributed by atoms with E-state index in [1.165, 1.54) is 12.0 Å². The second kappa shape index (κ2) is 6.76. The molecule has 0 radical (unpaired) electrons. The van der Waals surface area contributed by atoms with Crippen LogP contribution in [0.3, 0.4) is 0 Å². The van der Waals surface area contributed by atoms with Crippen LogP contribution in [-0.2, 0) is 6.42 Å². The number of nitrogens with zero attached hydrogens (tertiary/aromatic N) is 1. The number of halogens is 2. The summed E-state index contributed by atoms with van der Waals surface area (Å²) in [6.45, 7) is 6.66. The van der Waals surface area contributed by atoms with E-state index in [-0.39, 0.29) is 0 Å². The first-order valence-corrected chi connectivity index (χ1v) is 7.34. The van der Waals surface area contributed by atoms with E-state index >= 15 is 0 Å². The molecule has 100 valence electrons. The lowest BCUT2D eigenvalue weighted by atomic mass is 10.1. The second-order valence-electron chi connectivity index (χ2n) is 4.85. The van der Waals surface area contributed by atoms with Crippen molar-refractivity contribution in [1.82, 2.24) is 10.2 Å². The molecule has 2 nitrogen and oxygen atoms in total. The summed E-state index contributed by atoms with van der Waals surface area (Å²) in [7, 11) is 0. The van der Waals surface area contributed by atoms with Crippen LogP contribution in [0, 0.1) is 0 Å². The summed E-state index contributed by atoms with van der Waals surface area (Å²) in [6, 6.07) is 6.41. The molecule has 0 aromatic heterocycles. The van der Waals surface area contributed by atoms with Crippen molar-refractivity contribution in [3.05, 3.63) is 33.8 Å². The minimum atomic E-state index is 0.638. The lowest BCUT2D eigenvalue weighted by Crippen LogP contribution is -2.50. The first kappa shape index (κ1) is 14.1. The molecule has 0 amide bonds. The molecule has 1 N–H and O–H groups in total. The molecule has 1 fully saturated rings. The monoisotopic (exact) mass is 286 g/mol. The number of hydrogen-bond donors (Lipinski definition) is 1. The van der Waals surface area contributed by atoms with Gasteiger partial charge in [-0.05, 0) is 30.5 Å². The van der Waals surface area contributed by atoms with E-state index in [2.05, 4.69) is 17.1 Å². The van der Waals surface area contributed by atoms with E-state index < -0.39 is 0 Å². The zero-order chi connectivity index (χ0) is 13.0. The number of rotatable bonds is 4. The van der Waals surface area contributed by atoms with Crippen molar-refractivity contribution in [2.75, 3.05) is 26.2 Å². The van der Waals surface area contributed by atoms with Crippen molar-refractivity contribution >= 4 is 23.2 Å². The molecule has 1 aromatic rings. The molecule has 1 aliphatic rings. The zero-order valence-corrected chi connectivity index (χ0v) is 12.3. The van der Waals surface area contributed by atoms with Crippen LogP contribution in [0.2, 0.25) is 10.0 Å². The maximum absolute atomic E-state index is 6.19. The summed E-state index contributed by atoms with van der Waals surface area (Å²) >= 11 is 12.1. The van der Waals surface area contributed by atoms with Crippen LogP contribution in [0.15, 0.2) is 18.2 Å². The Labute approximate surface area is 119 Å². The van der Waals surface area contributed by atoms with Crippen LogP contribution < -0.4 is 5.32 Å². The number of piperazine rings is 1. The van der Waals surface area contributed by atoms with Gasteiger partial charge in [-0.25, -0.2) is 0 Å². The van der Waals surface area contributed by atoms with Crippen molar-refractivity contribution in [3.8, 4) is 0 Å². The molecule has 1 unspecified atom stereocenters. The van der Waals surface area contributed by atoms with Crippen LogP contribution in [0.5, 0.6) is 0 Å². The van der Waals surface area contributed by atoms with Crippen molar-refractivity contribution < 1.29 is 0 Å². The summed E-state index contributed by atoms with van der Waals surface area (Å²) in [5.74, 6) is 0. The van der Waals surface area contributed by atoms with Crippen LogP contribution in [0.25, 0.3) is 0 Å². The van der Waals surface area contributed by atoms with Gasteiger partial charge in [0.1, 0.15) is 0 Å². The highest BCUT2D eigenvalue weighted by Gasteiger charge is 2.17. The highest BCUT2D eigenvalue weighted by molar-refractivity contribution is 6.35. The van der Waals surface area contributed by atoms with E-state index in [9.17, 15) is 0 Å². The van der Waals surface area contributed by atoms with Crippen molar-refractivity contribution in [1.29, 1.82) is 0 Å². The Bertz CT molecular complexity index is 395. The van der Waals surface area contributed by atoms with Gasteiger partial charge >= 0.3 is 0 Å². The number of nitrogens with one attached hydrogen (secondary N) is 1. The topological polar surface area (TPSA) is 15.3 Å². The summed E-state index contributed by atoms with van der Waals surface area (Å²) in [4.78, 5) is 2.51. The van der Waals surface area contributed by atoms with Gasteiger partial charge in [0.15, 0.2) is 0 Å². The normalized spacial score (nSPS) is 21.2. The van der Waals surface area contributed by atoms with E-state index in [1.807, 2.05) is 18.2 Å². The number of hydrogen-bond acceptors (Lipinski definition) is 2. The molecule has 1 aromatic carbocycles. The van der Waals surface area contributed by atoms with E-state index in [0.717, 1.165) is 37.6 Å². The lowest BCUT2D eigenvalue weighted by molar-refractivity contribution is 0.199. The van der Waals surface area contributed by atoms with Gasteiger partial charge in [0, 0.05) is 42.3 Å². The summed E-state index contributed by atoms with van der Waals surface area (Å²) in [5, 5.41) is 5.02. The first-order valence-electron chi connectivity index (χ1n) is 6.58. The van der Waals surface area contributed by atoms with Crippen molar-refractivity contribution in [2.24, 2.45) is 0 Å². The fourth-order valence-electron chi connectivity index (χ4n) is 2.37.